The fraction of sp³-hybridized carbons (Fsp3) is 0.529. The molecule has 0 spiro atoms. The molecule has 3 N–H and O–H groups in total. The van der Waals surface area contributed by atoms with Crippen molar-refractivity contribution in [1.29, 1.82) is 0 Å². The highest BCUT2D eigenvalue weighted by Gasteiger charge is 2.28. The molecule has 124 valence electrons. The van der Waals surface area contributed by atoms with Crippen molar-refractivity contribution >= 4 is 23.1 Å². The van der Waals surface area contributed by atoms with E-state index in [4.69, 9.17) is 5.73 Å². The van der Waals surface area contributed by atoms with Crippen molar-refractivity contribution in [2.24, 2.45) is 5.92 Å². The van der Waals surface area contributed by atoms with Gasteiger partial charge in [0.15, 0.2) is 0 Å². The first-order chi connectivity index (χ1) is 11.1. The lowest BCUT2D eigenvalue weighted by molar-refractivity contribution is 0.0960. The Balaban J connectivity index is 1.71. The topological polar surface area (TPSA) is 75.3 Å². The number of aliphatic hydroxyl groups excluding tert-OH is 1. The summed E-state index contributed by atoms with van der Waals surface area (Å²) in [7, 11) is 0. The minimum absolute atomic E-state index is 0.315. The van der Waals surface area contributed by atoms with Crippen LogP contribution in [0.4, 0.5) is 11.8 Å². The third-order valence-electron chi connectivity index (χ3n) is 4.69. The Hall–Kier alpha value is -1.66. The van der Waals surface area contributed by atoms with E-state index >= 15 is 0 Å². The maximum atomic E-state index is 10.5. The van der Waals surface area contributed by atoms with Crippen LogP contribution in [-0.2, 0) is 6.42 Å². The molecule has 1 aliphatic heterocycles. The van der Waals surface area contributed by atoms with Gasteiger partial charge < -0.3 is 15.7 Å². The SMILES string of the molecule is CCc1nc(N)nc(N2CCC([C@@H](O)c3cccs3)CC2)c1C. The lowest BCUT2D eigenvalue weighted by atomic mass is 9.90. The molecule has 2 aromatic rings. The van der Waals surface area contributed by atoms with Gasteiger partial charge >= 0.3 is 0 Å². The van der Waals surface area contributed by atoms with Crippen molar-refractivity contribution < 1.29 is 5.11 Å². The maximum absolute atomic E-state index is 10.5. The smallest absolute Gasteiger partial charge is 0.222 e. The molecule has 1 saturated heterocycles. The van der Waals surface area contributed by atoms with E-state index in [-0.39, 0.29) is 6.10 Å². The van der Waals surface area contributed by atoms with E-state index in [0.717, 1.165) is 54.3 Å². The quantitative estimate of drug-likeness (QED) is 0.900. The number of nitrogen functional groups attached to an aromatic ring is 1. The minimum atomic E-state index is -0.347. The summed E-state index contributed by atoms with van der Waals surface area (Å²) in [5.74, 6) is 1.62. The molecule has 0 saturated carbocycles. The first-order valence-electron chi connectivity index (χ1n) is 8.19. The first-order valence-corrected chi connectivity index (χ1v) is 9.07. The number of thiophene rings is 1. The number of anilines is 2. The number of nitrogens with zero attached hydrogens (tertiary/aromatic N) is 3. The summed E-state index contributed by atoms with van der Waals surface area (Å²) < 4.78 is 0. The summed E-state index contributed by atoms with van der Waals surface area (Å²) in [5.41, 5.74) is 8.01. The van der Waals surface area contributed by atoms with Gasteiger partial charge in [0.1, 0.15) is 5.82 Å². The lowest BCUT2D eigenvalue weighted by Gasteiger charge is -2.35. The van der Waals surface area contributed by atoms with Crippen molar-refractivity contribution in [2.45, 2.75) is 39.2 Å². The second-order valence-electron chi connectivity index (χ2n) is 6.12. The molecule has 0 amide bonds. The molecule has 2 aromatic heterocycles. The fourth-order valence-corrected chi connectivity index (χ4v) is 4.14. The molecule has 6 heteroatoms. The molecule has 5 nitrogen and oxygen atoms in total. The van der Waals surface area contributed by atoms with Gasteiger partial charge in [-0.15, -0.1) is 11.3 Å². The monoisotopic (exact) mass is 332 g/mol. The van der Waals surface area contributed by atoms with E-state index in [9.17, 15) is 5.11 Å². The molecule has 0 aromatic carbocycles. The van der Waals surface area contributed by atoms with Crippen LogP contribution in [-0.4, -0.2) is 28.2 Å². The average Bonchev–Trinajstić information content (AvgIpc) is 3.10. The Morgan fingerprint density at radius 1 is 1.39 bits per heavy atom. The highest BCUT2D eigenvalue weighted by Crippen LogP contribution is 2.34. The molecule has 0 radical (unpaired) electrons. The molecule has 3 rings (SSSR count). The molecule has 3 heterocycles. The molecular weight excluding hydrogens is 308 g/mol. The number of nitrogens with two attached hydrogens (primary N) is 1. The molecule has 1 atom stereocenters. The zero-order valence-corrected chi connectivity index (χ0v) is 14.5. The predicted molar refractivity (Wildman–Crippen MR) is 94.8 cm³/mol. The van der Waals surface area contributed by atoms with E-state index in [0.29, 0.717) is 11.9 Å². The van der Waals surface area contributed by atoms with Gasteiger partial charge in [-0.3, -0.25) is 0 Å². The van der Waals surface area contributed by atoms with Crippen LogP contribution >= 0.6 is 11.3 Å². The molecular formula is C17H24N4OS. The standard InChI is InChI=1S/C17H24N4OS/c1-3-13-11(2)16(20-17(18)19-13)21-8-6-12(7-9-21)15(22)14-5-4-10-23-14/h4-5,10,12,15,22H,3,6-9H2,1-2H3,(H2,18,19,20)/t15-/m1/s1. The number of piperidine rings is 1. The zero-order chi connectivity index (χ0) is 16.4. The normalized spacial score (nSPS) is 17.4. The summed E-state index contributed by atoms with van der Waals surface area (Å²) >= 11 is 1.63. The fourth-order valence-electron chi connectivity index (χ4n) is 3.34. The van der Waals surface area contributed by atoms with Crippen LogP contribution in [0.25, 0.3) is 0 Å². The lowest BCUT2D eigenvalue weighted by Crippen LogP contribution is -2.36. The summed E-state index contributed by atoms with van der Waals surface area (Å²) in [4.78, 5) is 12.1. The average molecular weight is 332 g/mol. The van der Waals surface area contributed by atoms with Crippen molar-refractivity contribution in [3.63, 3.8) is 0 Å². The van der Waals surface area contributed by atoms with E-state index < -0.39 is 0 Å². The van der Waals surface area contributed by atoms with Crippen molar-refractivity contribution in [3.05, 3.63) is 33.6 Å². The number of rotatable bonds is 4. The molecule has 1 fully saturated rings. The number of hydrogen-bond donors (Lipinski definition) is 2. The van der Waals surface area contributed by atoms with Gasteiger partial charge in [0, 0.05) is 23.5 Å². The summed E-state index contributed by atoms with van der Waals surface area (Å²) in [6.07, 6.45) is 2.44. The minimum Gasteiger partial charge on any atom is -0.387 e. The summed E-state index contributed by atoms with van der Waals surface area (Å²) in [6.45, 7) is 5.95. The summed E-state index contributed by atoms with van der Waals surface area (Å²) in [6, 6.07) is 4.02. The Kier molecular flexibility index (Phi) is 4.82. The van der Waals surface area contributed by atoms with Gasteiger partial charge in [0.25, 0.3) is 0 Å². The number of aromatic nitrogens is 2. The van der Waals surface area contributed by atoms with Crippen LogP contribution in [0.15, 0.2) is 17.5 Å². The first kappa shape index (κ1) is 16.2. The van der Waals surface area contributed by atoms with Gasteiger partial charge in [0.05, 0.1) is 11.8 Å². The van der Waals surface area contributed by atoms with Crippen molar-refractivity contribution in [3.8, 4) is 0 Å². The number of aryl methyl sites for hydroxylation is 1. The number of aliphatic hydroxyl groups is 1. The third kappa shape index (κ3) is 3.33. The van der Waals surface area contributed by atoms with Crippen LogP contribution in [0, 0.1) is 12.8 Å². The van der Waals surface area contributed by atoms with Gasteiger partial charge in [-0.2, -0.15) is 4.98 Å². The highest BCUT2D eigenvalue weighted by atomic mass is 32.1. The second kappa shape index (κ2) is 6.84. The Morgan fingerprint density at radius 3 is 2.74 bits per heavy atom. The van der Waals surface area contributed by atoms with E-state index in [2.05, 4.69) is 28.7 Å². The Bertz CT molecular complexity index is 651. The maximum Gasteiger partial charge on any atom is 0.222 e. The van der Waals surface area contributed by atoms with Gasteiger partial charge in [0.2, 0.25) is 5.95 Å². The molecule has 0 unspecified atom stereocenters. The molecule has 0 aliphatic carbocycles. The number of hydrogen-bond acceptors (Lipinski definition) is 6. The second-order valence-corrected chi connectivity index (χ2v) is 7.09. The van der Waals surface area contributed by atoms with E-state index in [1.807, 2.05) is 17.5 Å². The van der Waals surface area contributed by atoms with Crippen LogP contribution in [0.3, 0.4) is 0 Å². The molecule has 23 heavy (non-hydrogen) atoms. The summed E-state index contributed by atoms with van der Waals surface area (Å²) in [5, 5.41) is 12.5. The van der Waals surface area contributed by atoms with Crippen LogP contribution in [0.1, 0.15) is 42.0 Å². The largest absolute Gasteiger partial charge is 0.387 e. The zero-order valence-electron chi connectivity index (χ0n) is 13.7. The van der Waals surface area contributed by atoms with Crippen LogP contribution in [0.2, 0.25) is 0 Å². The Morgan fingerprint density at radius 2 is 2.13 bits per heavy atom. The third-order valence-corrected chi connectivity index (χ3v) is 5.64. The van der Waals surface area contributed by atoms with E-state index in [1.165, 1.54) is 0 Å². The van der Waals surface area contributed by atoms with Gasteiger partial charge in [-0.1, -0.05) is 13.0 Å². The van der Waals surface area contributed by atoms with Gasteiger partial charge in [-0.05, 0) is 43.6 Å². The Labute approximate surface area is 141 Å². The molecule has 1 aliphatic rings. The molecule has 0 bridgehead atoms. The predicted octanol–water partition coefficient (Wildman–Crippen LogP) is 2.94. The highest BCUT2D eigenvalue weighted by molar-refractivity contribution is 7.10. The van der Waals surface area contributed by atoms with Crippen LogP contribution < -0.4 is 10.6 Å². The van der Waals surface area contributed by atoms with E-state index in [1.54, 1.807) is 11.3 Å². The van der Waals surface area contributed by atoms with Crippen molar-refractivity contribution in [1.82, 2.24) is 9.97 Å². The van der Waals surface area contributed by atoms with Crippen LogP contribution in [0.5, 0.6) is 0 Å². The van der Waals surface area contributed by atoms with Crippen molar-refractivity contribution in [2.75, 3.05) is 23.7 Å². The van der Waals surface area contributed by atoms with Gasteiger partial charge in [-0.25, -0.2) is 4.98 Å².